The summed E-state index contributed by atoms with van der Waals surface area (Å²) >= 11 is 0. The van der Waals surface area contributed by atoms with Gasteiger partial charge in [0.25, 0.3) is 5.69 Å². The Balaban J connectivity index is 1.88. The highest BCUT2D eigenvalue weighted by Crippen LogP contribution is 2.45. The maximum Gasteiger partial charge on any atom is 0.303 e. The first-order chi connectivity index (χ1) is 12.5. The highest BCUT2D eigenvalue weighted by molar-refractivity contribution is 5.98. The van der Waals surface area contributed by atoms with Crippen LogP contribution in [0.15, 0.2) is 54.6 Å². The summed E-state index contributed by atoms with van der Waals surface area (Å²) in [6.07, 6.45) is 0. The second-order valence-electron chi connectivity index (χ2n) is 5.58. The standard InChI is InChI=1S/C16H11N5O5/c22-19-14-8-11(20(23)24)9-15(21(25)26)16(14)17-18(19)13-7-3-5-10-4-1-2-6-12(10)13/h1-9,17,22H. The predicted molar refractivity (Wildman–Crippen MR) is 94.1 cm³/mol. The van der Waals surface area contributed by atoms with E-state index < -0.39 is 21.2 Å². The fraction of sp³-hybridized carbons (Fsp3) is 0. The lowest BCUT2D eigenvalue weighted by atomic mass is 10.1. The summed E-state index contributed by atoms with van der Waals surface area (Å²) in [7, 11) is 0. The smallest absolute Gasteiger partial charge is 0.269 e. The molecule has 3 aromatic carbocycles. The molecular formula is C16H11N5O5. The van der Waals surface area contributed by atoms with Crippen molar-refractivity contribution in [1.82, 2.24) is 0 Å². The largest absolute Gasteiger partial charge is 0.303 e. The molecule has 2 N–H and O–H groups in total. The van der Waals surface area contributed by atoms with Crippen LogP contribution in [0, 0.1) is 20.2 Å². The van der Waals surface area contributed by atoms with Gasteiger partial charge in [0.15, 0.2) is 5.69 Å². The highest BCUT2D eigenvalue weighted by Gasteiger charge is 2.36. The van der Waals surface area contributed by atoms with Crippen LogP contribution in [-0.4, -0.2) is 15.1 Å². The molecule has 3 aromatic rings. The Hall–Kier alpha value is -3.92. The number of anilines is 3. The van der Waals surface area contributed by atoms with E-state index in [1.54, 1.807) is 12.1 Å². The summed E-state index contributed by atoms with van der Waals surface area (Å²) in [5.74, 6) is 0. The van der Waals surface area contributed by atoms with Crippen molar-refractivity contribution in [1.29, 1.82) is 0 Å². The number of nitro groups is 2. The number of hydrogen-bond acceptors (Lipinski definition) is 8. The molecule has 10 nitrogen and oxygen atoms in total. The maximum atomic E-state index is 11.3. The number of non-ortho nitro benzene ring substituents is 1. The second kappa shape index (κ2) is 5.57. The van der Waals surface area contributed by atoms with Gasteiger partial charge in [0.05, 0.1) is 21.6 Å². The fourth-order valence-electron chi connectivity index (χ4n) is 2.94. The summed E-state index contributed by atoms with van der Waals surface area (Å²) in [5, 5.41) is 36.4. The zero-order valence-corrected chi connectivity index (χ0v) is 13.1. The predicted octanol–water partition coefficient (Wildman–Crippen LogP) is 3.61. The number of hydrazine groups is 2. The first-order valence-corrected chi connectivity index (χ1v) is 7.47. The number of rotatable bonds is 3. The van der Waals surface area contributed by atoms with Crippen molar-refractivity contribution in [2.24, 2.45) is 0 Å². The lowest BCUT2D eigenvalue weighted by Gasteiger charge is -2.25. The van der Waals surface area contributed by atoms with E-state index in [1.807, 2.05) is 30.3 Å². The van der Waals surface area contributed by atoms with E-state index >= 15 is 0 Å². The molecule has 4 rings (SSSR count). The zero-order chi connectivity index (χ0) is 18.4. The third-order valence-corrected chi connectivity index (χ3v) is 4.11. The van der Waals surface area contributed by atoms with Crippen LogP contribution < -0.4 is 15.7 Å². The van der Waals surface area contributed by atoms with Crippen LogP contribution in [-0.2, 0) is 0 Å². The summed E-state index contributed by atoms with van der Waals surface area (Å²) in [6.45, 7) is 0. The van der Waals surface area contributed by atoms with Crippen molar-refractivity contribution in [3.8, 4) is 0 Å². The Morgan fingerprint density at radius 1 is 0.923 bits per heavy atom. The molecule has 0 unspecified atom stereocenters. The molecule has 0 fully saturated rings. The summed E-state index contributed by atoms with van der Waals surface area (Å²) < 4.78 is 0. The van der Waals surface area contributed by atoms with Gasteiger partial charge in [-0.3, -0.25) is 30.9 Å². The molecule has 0 radical (unpaired) electrons. The molecule has 0 amide bonds. The Labute approximate surface area is 145 Å². The van der Waals surface area contributed by atoms with Crippen LogP contribution in [0.25, 0.3) is 10.8 Å². The molecule has 1 heterocycles. The molecule has 1 aliphatic rings. The van der Waals surface area contributed by atoms with Gasteiger partial charge in [0, 0.05) is 11.5 Å². The Morgan fingerprint density at radius 3 is 2.38 bits per heavy atom. The SMILES string of the molecule is O=[N+]([O-])c1cc2c(c([N+](=O)[O-])c1)NN(c1cccc3ccccc13)N2O. The molecule has 10 heteroatoms. The summed E-state index contributed by atoms with van der Waals surface area (Å²) in [5.41, 5.74) is 2.17. The van der Waals surface area contributed by atoms with E-state index in [-0.39, 0.29) is 11.4 Å². The third kappa shape index (κ3) is 2.24. The molecule has 0 aliphatic carbocycles. The van der Waals surface area contributed by atoms with Crippen LogP contribution in [0.5, 0.6) is 0 Å². The van der Waals surface area contributed by atoms with Gasteiger partial charge < -0.3 is 0 Å². The van der Waals surface area contributed by atoms with E-state index in [9.17, 15) is 25.4 Å². The number of fused-ring (bicyclic) bond motifs is 2. The summed E-state index contributed by atoms with van der Waals surface area (Å²) in [4.78, 5) is 20.9. The summed E-state index contributed by atoms with van der Waals surface area (Å²) in [6, 6.07) is 14.7. The number of nitrogens with one attached hydrogen (secondary N) is 1. The molecular weight excluding hydrogens is 342 g/mol. The number of nitrogens with zero attached hydrogens (tertiary/aromatic N) is 4. The number of benzene rings is 3. The van der Waals surface area contributed by atoms with E-state index in [0.29, 0.717) is 10.9 Å². The average Bonchev–Trinajstić information content (AvgIpc) is 2.97. The van der Waals surface area contributed by atoms with Crippen LogP contribution in [0.3, 0.4) is 0 Å². The van der Waals surface area contributed by atoms with Crippen molar-refractivity contribution in [2.75, 3.05) is 15.7 Å². The van der Waals surface area contributed by atoms with Crippen molar-refractivity contribution in [3.63, 3.8) is 0 Å². The first kappa shape index (κ1) is 15.6. The highest BCUT2D eigenvalue weighted by atomic mass is 16.6. The zero-order valence-electron chi connectivity index (χ0n) is 13.1. The van der Waals surface area contributed by atoms with Crippen molar-refractivity contribution in [3.05, 3.63) is 74.8 Å². The van der Waals surface area contributed by atoms with Gasteiger partial charge >= 0.3 is 5.69 Å². The monoisotopic (exact) mass is 353 g/mol. The minimum Gasteiger partial charge on any atom is -0.269 e. The van der Waals surface area contributed by atoms with Crippen molar-refractivity contribution in [2.45, 2.75) is 0 Å². The van der Waals surface area contributed by atoms with Crippen LogP contribution in [0.1, 0.15) is 0 Å². The molecule has 0 saturated carbocycles. The quantitative estimate of drug-likeness (QED) is 0.540. The molecule has 130 valence electrons. The molecule has 1 aliphatic heterocycles. The molecule has 0 bridgehead atoms. The van der Waals surface area contributed by atoms with Gasteiger partial charge in [0.1, 0.15) is 5.69 Å². The van der Waals surface area contributed by atoms with Crippen molar-refractivity contribution >= 4 is 39.2 Å². The second-order valence-corrected chi connectivity index (χ2v) is 5.58. The van der Waals surface area contributed by atoms with Gasteiger partial charge in [-0.1, -0.05) is 36.4 Å². The van der Waals surface area contributed by atoms with Gasteiger partial charge in [-0.15, -0.1) is 5.17 Å². The van der Waals surface area contributed by atoms with Gasteiger partial charge in [-0.05, 0) is 11.5 Å². The lowest BCUT2D eigenvalue weighted by Crippen LogP contribution is -2.39. The Kier molecular flexibility index (Phi) is 3.34. The van der Waals surface area contributed by atoms with Crippen molar-refractivity contribution < 1.29 is 15.1 Å². The Morgan fingerprint density at radius 2 is 1.65 bits per heavy atom. The number of nitro benzene ring substituents is 2. The lowest BCUT2D eigenvalue weighted by molar-refractivity contribution is -0.393. The van der Waals surface area contributed by atoms with Gasteiger partial charge in [-0.2, -0.15) is 5.12 Å². The van der Waals surface area contributed by atoms with Crippen LogP contribution >= 0.6 is 0 Å². The molecule has 0 aromatic heterocycles. The topological polar surface area (TPSA) is 125 Å². The van der Waals surface area contributed by atoms with E-state index in [4.69, 9.17) is 0 Å². The molecule has 0 atom stereocenters. The normalized spacial score (nSPS) is 12.8. The maximum absolute atomic E-state index is 11.3. The minimum absolute atomic E-state index is 0.0314. The van der Waals surface area contributed by atoms with Gasteiger partial charge in [-0.25, -0.2) is 0 Å². The van der Waals surface area contributed by atoms with E-state index in [2.05, 4.69) is 5.43 Å². The van der Waals surface area contributed by atoms with Gasteiger partial charge in [0.2, 0.25) is 0 Å². The van der Waals surface area contributed by atoms with Crippen LogP contribution in [0.4, 0.5) is 28.4 Å². The van der Waals surface area contributed by atoms with E-state index in [0.717, 1.165) is 22.9 Å². The Bertz CT molecular complexity index is 1060. The average molecular weight is 353 g/mol. The fourth-order valence-corrected chi connectivity index (χ4v) is 2.94. The third-order valence-electron chi connectivity index (χ3n) is 4.11. The molecule has 0 saturated heterocycles. The molecule has 0 spiro atoms. The van der Waals surface area contributed by atoms with E-state index in [1.165, 1.54) is 5.12 Å². The minimum atomic E-state index is -0.748. The molecule has 26 heavy (non-hydrogen) atoms. The van der Waals surface area contributed by atoms with Crippen LogP contribution in [0.2, 0.25) is 0 Å². The first-order valence-electron chi connectivity index (χ1n) is 7.47. The number of hydrogen-bond donors (Lipinski definition) is 2.